The molecule has 0 radical (unpaired) electrons. The summed E-state index contributed by atoms with van der Waals surface area (Å²) < 4.78 is 16.4. The van der Waals surface area contributed by atoms with E-state index >= 15 is 0 Å². The maximum atomic E-state index is 14.3. The first-order chi connectivity index (χ1) is 13.7. The van der Waals surface area contributed by atoms with Gasteiger partial charge in [-0.1, -0.05) is 36.8 Å². The van der Waals surface area contributed by atoms with Crippen molar-refractivity contribution in [2.75, 3.05) is 5.32 Å². The second-order valence-electron chi connectivity index (χ2n) is 6.83. The van der Waals surface area contributed by atoms with Gasteiger partial charge in [-0.15, -0.1) is 10.2 Å². The van der Waals surface area contributed by atoms with E-state index in [1.165, 1.54) is 18.6 Å². The zero-order chi connectivity index (χ0) is 19.3. The molecule has 0 unspecified atom stereocenters. The van der Waals surface area contributed by atoms with Crippen molar-refractivity contribution in [2.45, 2.75) is 32.2 Å². The molecule has 5 nitrogen and oxygen atoms in total. The Hall–Kier alpha value is -3.28. The van der Waals surface area contributed by atoms with Crippen LogP contribution in [0.2, 0.25) is 0 Å². The van der Waals surface area contributed by atoms with Crippen LogP contribution in [0.15, 0.2) is 54.6 Å². The third kappa shape index (κ3) is 4.01. The van der Waals surface area contributed by atoms with E-state index in [1.807, 2.05) is 30.3 Å². The second kappa shape index (κ2) is 8.17. The number of amides is 1. The van der Waals surface area contributed by atoms with Crippen molar-refractivity contribution in [3.05, 3.63) is 71.8 Å². The van der Waals surface area contributed by atoms with Gasteiger partial charge < -0.3 is 9.88 Å². The van der Waals surface area contributed by atoms with Crippen LogP contribution in [0.3, 0.4) is 0 Å². The molecule has 0 bridgehead atoms. The molecule has 4 rings (SSSR count). The average Bonchev–Trinajstić information content (AvgIpc) is 2.97. The van der Waals surface area contributed by atoms with Gasteiger partial charge >= 0.3 is 0 Å². The van der Waals surface area contributed by atoms with Crippen LogP contribution >= 0.6 is 0 Å². The first kappa shape index (κ1) is 18.1. The molecule has 0 fully saturated rings. The van der Waals surface area contributed by atoms with E-state index in [0.29, 0.717) is 5.82 Å². The van der Waals surface area contributed by atoms with E-state index in [9.17, 15) is 9.18 Å². The van der Waals surface area contributed by atoms with Crippen LogP contribution in [0.5, 0.6) is 0 Å². The van der Waals surface area contributed by atoms with Crippen molar-refractivity contribution in [3.8, 4) is 11.4 Å². The minimum atomic E-state index is -0.485. The summed E-state index contributed by atoms with van der Waals surface area (Å²) in [6, 6.07) is 14.1. The Morgan fingerprint density at radius 3 is 2.79 bits per heavy atom. The van der Waals surface area contributed by atoms with Gasteiger partial charge in [0.15, 0.2) is 5.82 Å². The largest absolute Gasteiger partial charge is 0.320 e. The molecule has 0 saturated carbocycles. The second-order valence-corrected chi connectivity index (χ2v) is 6.83. The van der Waals surface area contributed by atoms with Gasteiger partial charge in [0.05, 0.1) is 5.69 Å². The average molecular weight is 376 g/mol. The zero-order valence-corrected chi connectivity index (χ0v) is 15.4. The number of carbonyl (C=O) groups is 1. The smallest absolute Gasteiger partial charge is 0.248 e. The van der Waals surface area contributed by atoms with Crippen molar-refractivity contribution in [1.82, 2.24) is 14.8 Å². The van der Waals surface area contributed by atoms with E-state index in [1.54, 1.807) is 18.2 Å². The minimum absolute atomic E-state index is 0.131. The van der Waals surface area contributed by atoms with Crippen molar-refractivity contribution >= 4 is 17.7 Å². The molecule has 2 aromatic carbocycles. The molecular formula is C22H21FN4O. The maximum absolute atomic E-state index is 14.3. The third-order valence-corrected chi connectivity index (χ3v) is 4.82. The van der Waals surface area contributed by atoms with Crippen LogP contribution in [0, 0.1) is 5.82 Å². The van der Waals surface area contributed by atoms with Crippen LogP contribution in [0.25, 0.3) is 17.5 Å². The fourth-order valence-electron chi connectivity index (χ4n) is 3.37. The van der Waals surface area contributed by atoms with Crippen LogP contribution in [0.1, 0.15) is 30.7 Å². The van der Waals surface area contributed by atoms with E-state index in [0.717, 1.165) is 42.8 Å². The summed E-state index contributed by atoms with van der Waals surface area (Å²) >= 11 is 0. The van der Waals surface area contributed by atoms with Crippen LogP contribution in [-0.2, 0) is 17.8 Å². The summed E-state index contributed by atoms with van der Waals surface area (Å²) in [5.74, 6) is 0.807. The van der Waals surface area contributed by atoms with Crippen LogP contribution in [-0.4, -0.2) is 20.7 Å². The number of benzene rings is 2. The van der Waals surface area contributed by atoms with Crippen LogP contribution < -0.4 is 5.32 Å². The molecule has 6 heteroatoms. The monoisotopic (exact) mass is 376 g/mol. The molecule has 0 aliphatic carbocycles. The highest BCUT2D eigenvalue weighted by Gasteiger charge is 2.17. The lowest BCUT2D eigenvalue weighted by Crippen LogP contribution is -2.10. The fraction of sp³-hybridized carbons (Fsp3) is 0.227. The number of aromatic nitrogens is 3. The van der Waals surface area contributed by atoms with Crippen molar-refractivity contribution in [1.29, 1.82) is 0 Å². The molecule has 142 valence electrons. The van der Waals surface area contributed by atoms with Gasteiger partial charge in [0.2, 0.25) is 5.91 Å². The number of nitrogens with one attached hydrogen (secondary N) is 1. The summed E-state index contributed by atoms with van der Waals surface area (Å²) in [5.41, 5.74) is 1.77. The molecule has 1 amide bonds. The first-order valence-electron chi connectivity index (χ1n) is 9.47. The fourth-order valence-corrected chi connectivity index (χ4v) is 3.37. The van der Waals surface area contributed by atoms with Gasteiger partial charge in [-0.3, -0.25) is 4.79 Å². The Bertz CT molecular complexity index is 1010. The SMILES string of the molecule is O=C(/C=C/c1ccccc1)Nc1cc(-c2nnc3n2CCCCC3)ccc1F. The topological polar surface area (TPSA) is 59.8 Å². The number of rotatable bonds is 4. The summed E-state index contributed by atoms with van der Waals surface area (Å²) in [6.07, 6.45) is 7.34. The highest BCUT2D eigenvalue weighted by atomic mass is 19.1. The molecule has 1 aliphatic rings. The number of halogens is 1. The Morgan fingerprint density at radius 1 is 1.07 bits per heavy atom. The Balaban J connectivity index is 1.55. The zero-order valence-electron chi connectivity index (χ0n) is 15.4. The molecule has 0 saturated heterocycles. The molecule has 0 atom stereocenters. The van der Waals surface area contributed by atoms with E-state index in [2.05, 4.69) is 20.1 Å². The number of carbonyl (C=O) groups excluding carboxylic acids is 1. The lowest BCUT2D eigenvalue weighted by molar-refractivity contribution is -0.111. The Labute approximate surface area is 162 Å². The number of anilines is 1. The molecule has 2 heterocycles. The predicted molar refractivity (Wildman–Crippen MR) is 107 cm³/mol. The highest BCUT2D eigenvalue weighted by molar-refractivity contribution is 6.02. The standard InChI is InChI=1S/C22H21FN4O/c23-18-12-11-17(22-26-25-20-9-5-2-6-14-27(20)22)15-19(18)24-21(28)13-10-16-7-3-1-4-8-16/h1,3-4,7-8,10-13,15H,2,5-6,9,14H2,(H,24,28)/b13-10+. The van der Waals surface area contributed by atoms with E-state index < -0.39 is 5.82 Å². The normalized spacial score (nSPS) is 13.9. The number of hydrogen-bond donors (Lipinski definition) is 1. The summed E-state index contributed by atoms with van der Waals surface area (Å²) in [5, 5.41) is 11.2. The molecule has 1 aliphatic heterocycles. The molecule has 1 N–H and O–H groups in total. The summed E-state index contributed by atoms with van der Waals surface area (Å²) in [4.78, 5) is 12.2. The maximum Gasteiger partial charge on any atom is 0.248 e. The number of nitrogens with zero attached hydrogens (tertiary/aromatic N) is 3. The summed E-state index contributed by atoms with van der Waals surface area (Å²) in [7, 11) is 0. The molecule has 3 aromatic rings. The third-order valence-electron chi connectivity index (χ3n) is 4.82. The minimum Gasteiger partial charge on any atom is -0.320 e. The van der Waals surface area contributed by atoms with Crippen molar-refractivity contribution < 1.29 is 9.18 Å². The number of fused-ring (bicyclic) bond motifs is 1. The number of aryl methyl sites for hydroxylation is 1. The van der Waals surface area contributed by atoms with Gasteiger partial charge in [0, 0.05) is 24.6 Å². The highest BCUT2D eigenvalue weighted by Crippen LogP contribution is 2.26. The first-order valence-corrected chi connectivity index (χ1v) is 9.47. The van der Waals surface area contributed by atoms with Gasteiger partial charge in [0.1, 0.15) is 11.6 Å². The molecular weight excluding hydrogens is 355 g/mol. The van der Waals surface area contributed by atoms with Gasteiger partial charge in [0.25, 0.3) is 0 Å². The molecule has 1 aromatic heterocycles. The Morgan fingerprint density at radius 2 is 1.93 bits per heavy atom. The molecule has 0 spiro atoms. The van der Waals surface area contributed by atoms with Crippen molar-refractivity contribution in [2.24, 2.45) is 0 Å². The Kier molecular flexibility index (Phi) is 5.28. The lowest BCUT2D eigenvalue weighted by atomic mass is 10.1. The van der Waals surface area contributed by atoms with Gasteiger partial charge in [-0.05, 0) is 42.7 Å². The molecule has 28 heavy (non-hydrogen) atoms. The summed E-state index contributed by atoms with van der Waals surface area (Å²) in [6.45, 7) is 0.858. The number of hydrogen-bond acceptors (Lipinski definition) is 3. The van der Waals surface area contributed by atoms with E-state index in [4.69, 9.17) is 0 Å². The van der Waals surface area contributed by atoms with Crippen molar-refractivity contribution in [3.63, 3.8) is 0 Å². The lowest BCUT2D eigenvalue weighted by Gasteiger charge is -2.09. The quantitative estimate of drug-likeness (QED) is 0.684. The van der Waals surface area contributed by atoms with E-state index in [-0.39, 0.29) is 11.6 Å². The van der Waals surface area contributed by atoms with Crippen LogP contribution in [0.4, 0.5) is 10.1 Å². The van der Waals surface area contributed by atoms with Gasteiger partial charge in [-0.2, -0.15) is 0 Å². The van der Waals surface area contributed by atoms with Gasteiger partial charge in [-0.25, -0.2) is 4.39 Å². The predicted octanol–water partition coefficient (Wildman–Crippen LogP) is 4.46.